The van der Waals surface area contributed by atoms with E-state index in [9.17, 15) is 4.79 Å². The van der Waals surface area contributed by atoms with Crippen molar-refractivity contribution in [2.75, 3.05) is 13.1 Å². The Kier molecular flexibility index (Phi) is 7.66. The number of rotatable bonds is 9. The number of nitrogens with zero attached hydrogens (tertiary/aromatic N) is 3. The molecule has 0 bridgehead atoms. The molecule has 3 rings (SSSR count). The summed E-state index contributed by atoms with van der Waals surface area (Å²) in [6.45, 7) is 8.82. The molecule has 2 aromatic rings. The minimum absolute atomic E-state index is 0.130. The van der Waals surface area contributed by atoms with Crippen molar-refractivity contribution in [3.05, 3.63) is 46.2 Å². The van der Waals surface area contributed by atoms with Gasteiger partial charge in [0.05, 0.1) is 12.1 Å². The van der Waals surface area contributed by atoms with Crippen LogP contribution in [0.2, 0.25) is 0 Å². The zero-order valence-corrected chi connectivity index (χ0v) is 18.5. The highest BCUT2D eigenvalue weighted by Gasteiger charge is 2.21. The lowest BCUT2D eigenvalue weighted by Crippen LogP contribution is -2.38. The van der Waals surface area contributed by atoms with Gasteiger partial charge in [0, 0.05) is 24.6 Å². The molecule has 0 saturated heterocycles. The summed E-state index contributed by atoms with van der Waals surface area (Å²) in [5, 5.41) is 4.56. The average molecular weight is 410 g/mol. The SMILES string of the molecule is CCCCNC1=NC(N)=NCC1CCc1cc2ccccc2n(CCC(C)C)c1=O. The number of nitrogens with two attached hydrogens (primary N) is 1. The van der Waals surface area contributed by atoms with Gasteiger partial charge in [-0.1, -0.05) is 45.4 Å². The number of hydrogen-bond donors (Lipinski definition) is 2. The first kappa shape index (κ1) is 22.1. The molecular formula is C24H35N5O. The van der Waals surface area contributed by atoms with Gasteiger partial charge in [-0.25, -0.2) is 4.99 Å². The first-order valence-electron chi connectivity index (χ1n) is 11.2. The van der Waals surface area contributed by atoms with E-state index in [0.717, 1.165) is 61.1 Å². The molecule has 6 heteroatoms. The second-order valence-electron chi connectivity index (χ2n) is 8.58. The third kappa shape index (κ3) is 5.49. The van der Waals surface area contributed by atoms with E-state index in [2.05, 4.69) is 48.2 Å². The highest BCUT2D eigenvalue weighted by Crippen LogP contribution is 2.18. The third-order valence-electron chi connectivity index (χ3n) is 5.70. The maximum absolute atomic E-state index is 13.3. The van der Waals surface area contributed by atoms with Crippen LogP contribution in [0.5, 0.6) is 0 Å². The quantitative estimate of drug-likeness (QED) is 0.619. The molecule has 0 spiro atoms. The molecule has 0 saturated carbocycles. The number of pyridine rings is 1. The van der Waals surface area contributed by atoms with Gasteiger partial charge in [0.1, 0.15) is 5.84 Å². The monoisotopic (exact) mass is 409 g/mol. The molecule has 0 aliphatic carbocycles. The van der Waals surface area contributed by atoms with Gasteiger partial charge >= 0.3 is 0 Å². The summed E-state index contributed by atoms with van der Waals surface area (Å²) >= 11 is 0. The van der Waals surface area contributed by atoms with Crippen LogP contribution in [0.3, 0.4) is 0 Å². The predicted molar refractivity (Wildman–Crippen MR) is 126 cm³/mol. The second-order valence-corrected chi connectivity index (χ2v) is 8.58. The van der Waals surface area contributed by atoms with Gasteiger partial charge in [0.15, 0.2) is 0 Å². The van der Waals surface area contributed by atoms with E-state index in [1.807, 2.05) is 22.8 Å². The first-order valence-corrected chi connectivity index (χ1v) is 11.2. The number of amidine groups is 1. The summed E-state index contributed by atoms with van der Waals surface area (Å²) in [6, 6.07) is 10.2. The standard InChI is InChI=1S/C24H35N5O/c1-4-5-13-26-22-20(16-27-24(25)28-22)11-10-19-15-18-8-6-7-9-21(18)29(23(19)30)14-12-17(2)3/h6-9,15,17,20H,4-5,10-14,16H2,1-3H3,(H3,25,26,27,28). The van der Waals surface area contributed by atoms with E-state index in [1.165, 1.54) is 0 Å². The minimum Gasteiger partial charge on any atom is -0.373 e. The van der Waals surface area contributed by atoms with Crippen molar-refractivity contribution in [3.63, 3.8) is 0 Å². The first-order chi connectivity index (χ1) is 14.5. The van der Waals surface area contributed by atoms with E-state index in [1.54, 1.807) is 0 Å². The molecule has 1 aromatic carbocycles. The van der Waals surface area contributed by atoms with Gasteiger partial charge in [0.2, 0.25) is 5.96 Å². The molecule has 162 valence electrons. The molecule has 1 aliphatic rings. The van der Waals surface area contributed by atoms with E-state index in [0.29, 0.717) is 24.8 Å². The fourth-order valence-corrected chi connectivity index (χ4v) is 3.85. The van der Waals surface area contributed by atoms with E-state index in [4.69, 9.17) is 5.73 Å². The Balaban J connectivity index is 1.80. The minimum atomic E-state index is 0.130. The van der Waals surface area contributed by atoms with Crippen molar-refractivity contribution in [1.29, 1.82) is 0 Å². The van der Waals surface area contributed by atoms with Crippen LogP contribution in [0.1, 0.15) is 52.0 Å². The number of hydrogen-bond acceptors (Lipinski definition) is 5. The molecule has 1 aromatic heterocycles. The van der Waals surface area contributed by atoms with Gasteiger partial charge in [-0.3, -0.25) is 9.79 Å². The number of nitrogens with one attached hydrogen (secondary N) is 1. The molecule has 1 unspecified atom stereocenters. The molecule has 30 heavy (non-hydrogen) atoms. The topological polar surface area (TPSA) is 84.8 Å². The molecule has 0 radical (unpaired) electrons. The van der Waals surface area contributed by atoms with Crippen LogP contribution >= 0.6 is 0 Å². The lowest BCUT2D eigenvalue weighted by atomic mass is 9.97. The number of aliphatic imine (C=N–C) groups is 2. The summed E-state index contributed by atoms with van der Waals surface area (Å²) < 4.78 is 1.95. The van der Waals surface area contributed by atoms with Gasteiger partial charge in [-0.15, -0.1) is 0 Å². The number of guanidine groups is 1. The highest BCUT2D eigenvalue weighted by atomic mass is 16.1. The van der Waals surface area contributed by atoms with Crippen molar-refractivity contribution >= 4 is 22.7 Å². The highest BCUT2D eigenvalue weighted by molar-refractivity contribution is 5.98. The van der Waals surface area contributed by atoms with Crippen LogP contribution in [-0.2, 0) is 13.0 Å². The Morgan fingerprint density at radius 3 is 2.87 bits per heavy atom. The average Bonchev–Trinajstić information content (AvgIpc) is 2.72. The van der Waals surface area contributed by atoms with Gasteiger partial charge in [-0.05, 0) is 49.1 Å². The maximum atomic E-state index is 13.3. The van der Waals surface area contributed by atoms with Gasteiger partial charge in [-0.2, -0.15) is 0 Å². The number of aromatic nitrogens is 1. The molecule has 0 fully saturated rings. The third-order valence-corrected chi connectivity index (χ3v) is 5.70. The zero-order valence-electron chi connectivity index (χ0n) is 18.5. The number of fused-ring (bicyclic) bond motifs is 1. The fraction of sp³-hybridized carbons (Fsp3) is 0.542. The van der Waals surface area contributed by atoms with Gasteiger partial charge < -0.3 is 15.6 Å². The largest absolute Gasteiger partial charge is 0.373 e. The molecule has 6 nitrogen and oxygen atoms in total. The van der Waals surface area contributed by atoms with Crippen molar-refractivity contribution in [1.82, 2.24) is 9.88 Å². The molecule has 0 amide bonds. The Bertz CT molecular complexity index is 973. The van der Waals surface area contributed by atoms with Crippen LogP contribution in [0.15, 0.2) is 45.1 Å². The molecular weight excluding hydrogens is 374 g/mol. The number of aryl methyl sites for hydroxylation is 2. The Labute approximate surface area is 179 Å². The number of para-hydroxylation sites is 1. The molecule has 1 aliphatic heterocycles. The van der Waals surface area contributed by atoms with Crippen molar-refractivity contribution < 1.29 is 0 Å². The van der Waals surface area contributed by atoms with Crippen LogP contribution in [0, 0.1) is 11.8 Å². The van der Waals surface area contributed by atoms with E-state index < -0.39 is 0 Å². The lowest BCUT2D eigenvalue weighted by Gasteiger charge is -2.22. The molecule has 3 N–H and O–H groups in total. The molecule has 1 atom stereocenters. The summed E-state index contributed by atoms with van der Waals surface area (Å²) in [7, 11) is 0. The Morgan fingerprint density at radius 2 is 2.10 bits per heavy atom. The lowest BCUT2D eigenvalue weighted by molar-refractivity contribution is 0.514. The summed E-state index contributed by atoms with van der Waals surface area (Å²) in [6.07, 6.45) is 4.74. The van der Waals surface area contributed by atoms with E-state index >= 15 is 0 Å². The zero-order chi connectivity index (χ0) is 21.5. The smallest absolute Gasteiger partial charge is 0.254 e. The van der Waals surface area contributed by atoms with Crippen molar-refractivity contribution in [2.24, 2.45) is 27.6 Å². The van der Waals surface area contributed by atoms with Crippen molar-refractivity contribution in [2.45, 2.75) is 59.4 Å². The van der Waals surface area contributed by atoms with Crippen LogP contribution < -0.4 is 16.6 Å². The predicted octanol–water partition coefficient (Wildman–Crippen LogP) is 3.71. The Hall–Kier alpha value is -2.63. The normalized spacial score (nSPS) is 16.6. The summed E-state index contributed by atoms with van der Waals surface area (Å²) in [4.78, 5) is 22.0. The number of unbranched alkanes of at least 4 members (excludes halogenated alkanes) is 1. The summed E-state index contributed by atoms with van der Waals surface area (Å²) in [5.74, 6) is 1.98. The van der Waals surface area contributed by atoms with Crippen LogP contribution in [0.25, 0.3) is 10.9 Å². The summed E-state index contributed by atoms with van der Waals surface area (Å²) in [5.41, 5.74) is 7.85. The van der Waals surface area contributed by atoms with Crippen molar-refractivity contribution in [3.8, 4) is 0 Å². The maximum Gasteiger partial charge on any atom is 0.254 e. The second kappa shape index (κ2) is 10.4. The van der Waals surface area contributed by atoms with Gasteiger partial charge in [0.25, 0.3) is 5.56 Å². The molecule has 2 heterocycles. The van der Waals surface area contributed by atoms with Crippen LogP contribution in [0.4, 0.5) is 0 Å². The Morgan fingerprint density at radius 1 is 1.30 bits per heavy atom. The number of benzene rings is 1. The fourth-order valence-electron chi connectivity index (χ4n) is 3.85. The van der Waals surface area contributed by atoms with Crippen LogP contribution in [-0.4, -0.2) is 29.5 Å². The van der Waals surface area contributed by atoms with E-state index in [-0.39, 0.29) is 11.5 Å².